The van der Waals surface area contributed by atoms with Gasteiger partial charge in [-0.25, -0.2) is 4.98 Å². The quantitative estimate of drug-likeness (QED) is 0.635. The van der Waals surface area contributed by atoms with Gasteiger partial charge in [0.15, 0.2) is 5.82 Å². The number of fused-ring (bicyclic) bond motifs is 1. The van der Waals surface area contributed by atoms with Gasteiger partial charge in [0.25, 0.3) is 5.91 Å². The van der Waals surface area contributed by atoms with Gasteiger partial charge in [-0.05, 0) is 44.5 Å². The highest BCUT2D eigenvalue weighted by Gasteiger charge is 2.34. The second-order valence-electron chi connectivity index (χ2n) is 8.30. The molecule has 8 heteroatoms. The van der Waals surface area contributed by atoms with Gasteiger partial charge in [-0.2, -0.15) is 0 Å². The van der Waals surface area contributed by atoms with Gasteiger partial charge in [0.05, 0.1) is 12.2 Å². The van der Waals surface area contributed by atoms with Gasteiger partial charge < -0.3 is 9.88 Å². The molecule has 0 spiro atoms. The highest BCUT2D eigenvalue weighted by atomic mass is 16.2. The normalized spacial score (nSPS) is 15.9. The first-order chi connectivity index (χ1) is 15.2. The third kappa shape index (κ3) is 3.50. The Morgan fingerprint density at radius 2 is 2.10 bits per heavy atom. The molecular formula is C23H27N7O. The SMILES string of the molecule is CCCn1cnnc1-c1cccc(N2Cc3c(cc(C4CCC4)nc3CNC)C2=O)n1. The van der Waals surface area contributed by atoms with E-state index in [4.69, 9.17) is 9.97 Å². The van der Waals surface area contributed by atoms with Gasteiger partial charge in [-0.3, -0.25) is 14.7 Å². The predicted octanol–water partition coefficient (Wildman–Crippen LogP) is 3.29. The Bertz CT molecular complexity index is 1120. The molecule has 2 aliphatic rings. The molecule has 1 aliphatic heterocycles. The molecule has 8 nitrogen and oxygen atoms in total. The Balaban J connectivity index is 1.49. The predicted molar refractivity (Wildman–Crippen MR) is 118 cm³/mol. The number of anilines is 1. The van der Waals surface area contributed by atoms with Crippen LogP contribution < -0.4 is 10.2 Å². The van der Waals surface area contributed by atoms with Crippen LogP contribution in [-0.2, 0) is 19.6 Å². The van der Waals surface area contributed by atoms with Crippen LogP contribution in [0.2, 0.25) is 0 Å². The maximum absolute atomic E-state index is 13.4. The fourth-order valence-corrected chi connectivity index (χ4v) is 4.36. The number of rotatable bonds is 7. The van der Waals surface area contributed by atoms with E-state index in [9.17, 15) is 4.79 Å². The highest BCUT2D eigenvalue weighted by Crippen LogP contribution is 2.38. The van der Waals surface area contributed by atoms with Crippen LogP contribution in [0.5, 0.6) is 0 Å². The number of nitrogens with one attached hydrogen (secondary N) is 1. The van der Waals surface area contributed by atoms with Crippen LogP contribution in [0.15, 0.2) is 30.6 Å². The van der Waals surface area contributed by atoms with Crippen LogP contribution in [-0.4, -0.2) is 37.7 Å². The summed E-state index contributed by atoms with van der Waals surface area (Å²) in [4.78, 5) is 24.9. The smallest absolute Gasteiger partial charge is 0.260 e. The molecule has 1 fully saturated rings. The summed E-state index contributed by atoms with van der Waals surface area (Å²) in [5, 5.41) is 11.5. The molecular weight excluding hydrogens is 390 g/mol. The van der Waals surface area contributed by atoms with Gasteiger partial charge in [-0.1, -0.05) is 19.4 Å². The summed E-state index contributed by atoms with van der Waals surface area (Å²) in [5.74, 6) is 1.83. The number of amides is 1. The molecule has 5 rings (SSSR count). The molecule has 31 heavy (non-hydrogen) atoms. The van der Waals surface area contributed by atoms with Gasteiger partial charge in [0, 0.05) is 35.8 Å². The first kappa shape index (κ1) is 19.8. The molecule has 1 saturated carbocycles. The zero-order chi connectivity index (χ0) is 21.4. The zero-order valence-corrected chi connectivity index (χ0v) is 18.0. The summed E-state index contributed by atoms with van der Waals surface area (Å²) >= 11 is 0. The Morgan fingerprint density at radius 3 is 2.84 bits per heavy atom. The molecule has 0 radical (unpaired) electrons. The largest absolute Gasteiger partial charge is 0.314 e. The lowest BCUT2D eigenvalue weighted by Gasteiger charge is -2.25. The van der Waals surface area contributed by atoms with Crippen LogP contribution in [0.25, 0.3) is 11.5 Å². The van der Waals surface area contributed by atoms with E-state index < -0.39 is 0 Å². The molecule has 1 aliphatic carbocycles. The van der Waals surface area contributed by atoms with Crippen LogP contribution in [0, 0.1) is 0 Å². The van der Waals surface area contributed by atoms with Crippen molar-refractivity contribution in [1.82, 2.24) is 30.0 Å². The topological polar surface area (TPSA) is 88.8 Å². The number of pyridine rings is 2. The molecule has 3 aromatic rings. The van der Waals surface area contributed by atoms with Crippen molar-refractivity contribution in [1.29, 1.82) is 0 Å². The van der Waals surface area contributed by atoms with E-state index >= 15 is 0 Å². The van der Waals surface area contributed by atoms with Crippen molar-refractivity contribution in [2.75, 3.05) is 11.9 Å². The Labute approximate surface area is 181 Å². The summed E-state index contributed by atoms with van der Waals surface area (Å²) in [6.45, 7) is 4.08. The maximum Gasteiger partial charge on any atom is 0.260 e. The van der Waals surface area contributed by atoms with Crippen molar-refractivity contribution in [2.24, 2.45) is 0 Å². The number of carbonyl (C=O) groups is 1. The van der Waals surface area contributed by atoms with E-state index in [0.717, 1.165) is 59.8 Å². The number of hydrogen-bond acceptors (Lipinski definition) is 6. The number of aromatic nitrogens is 5. The molecule has 0 unspecified atom stereocenters. The van der Waals surface area contributed by atoms with E-state index in [0.29, 0.717) is 24.8 Å². The fraction of sp³-hybridized carbons (Fsp3) is 0.435. The molecule has 0 saturated heterocycles. The maximum atomic E-state index is 13.4. The molecule has 4 heterocycles. The van der Waals surface area contributed by atoms with Crippen molar-refractivity contribution in [3.63, 3.8) is 0 Å². The van der Waals surface area contributed by atoms with Gasteiger partial charge in [-0.15, -0.1) is 10.2 Å². The first-order valence-electron chi connectivity index (χ1n) is 11.0. The minimum Gasteiger partial charge on any atom is -0.314 e. The average molecular weight is 418 g/mol. The van der Waals surface area contributed by atoms with Crippen LogP contribution in [0.1, 0.15) is 65.8 Å². The van der Waals surface area contributed by atoms with Gasteiger partial charge >= 0.3 is 0 Å². The zero-order valence-electron chi connectivity index (χ0n) is 18.0. The third-order valence-electron chi connectivity index (χ3n) is 6.21. The summed E-state index contributed by atoms with van der Waals surface area (Å²) in [7, 11) is 1.91. The van der Waals surface area contributed by atoms with Crippen molar-refractivity contribution in [2.45, 2.75) is 58.2 Å². The minimum atomic E-state index is -0.00463. The monoisotopic (exact) mass is 417 g/mol. The van der Waals surface area contributed by atoms with E-state index in [1.54, 1.807) is 11.2 Å². The fourth-order valence-electron chi connectivity index (χ4n) is 4.36. The lowest BCUT2D eigenvalue weighted by Crippen LogP contribution is -2.24. The molecule has 0 bridgehead atoms. The Hall–Kier alpha value is -3.13. The van der Waals surface area contributed by atoms with E-state index in [2.05, 4.69) is 22.4 Å². The molecule has 3 aromatic heterocycles. The number of nitrogens with zero attached hydrogens (tertiary/aromatic N) is 6. The molecule has 0 atom stereocenters. The van der Waals surface area contributed by atoms with Gasteiger partial charge in [0.1, 0.15) is 17.8 Å². The highest BCUT2D eigenvalue weighted by molar-refractivity contribution is 6.09. The Morgan fingerprint density at radius 1 is 1.23 bits per heavy atom. The first-order valence-corrected chi connectivity index (χ1v) is 11.0. The number of hydrogen-bond donors (Lipinski definition) is 1. The second kappa shape index (κ2) is 8.19. The lowest BCUT2D eigenvalue weighted by atomic mass is 9.82. The second-order valence-corrected chi connectivity index (χ2v) is 8.30. The summed E-state index contributed by atoms with van der Waals surface area (Å²) in [6, 6.07) is 7.73. The van der Waals surface area contributed by atoms with Crippen molar-refractivity contribution >= 4 is 11.7 Å². The van der Waals surface area contributed by atoms with Crippen molar-refractivity contribution in [3.8, 4) is 11.5 Å². The van der Waals surface area contributed by atoms with E-state index in [-0.39, 0.29) is 5.91 Å². The summed E-state index contributed by atoms with van der Waals surface area (Å²) in [6.07, 6.45) is 6.26. The summed E-state index contributed by atoms with van der Waals surface area (Å²) < 4.78 is 1.99. The molecule has 1 amide bonds. The van der Waals surface area contributed by atoms with Crippen LogP contribution in [0.3, 0.4) is 0 Å². The Kier molecular flexibility index (Phi) is 5.23. The van der Waals surface area contributed by atoms with E-state index in [1.807, 2.05) is 35.9 Å². The van der Waals surface area contributed by atoms with Gasteiger partial charge in [0.2, 0.25) is 0 Å². The lowest BCUT2D eigenvalue weighted by molar-refractivity contribution is 0.0995. The van der Waals surface area contributed by atoms with E-state index in [1.165, 1.54) is 6.42 Å². The number of carbonyl (C=O) groups excluding carboxylic acids is 1. The molecule has 1 N–H and O–H groups in total. The average Bonchev–Trinajstić information content (AvgIpc) is 3.33. The summed E-state index contributed by atoms with van der Waals surface area (Å²) in [5.41, 5.74) is 4.51. The molecule has 160 valence electrons. The van der Waals surface area contributed by atoms with Crippen LogP contribution in [0.4, 0.5) is 5.82 Å². The standard InChI is InChI=1S/C23H27N7O/c1-3-10-29-14-25-28-22(29)18-8-5-9-21(27-18)30-13-17-16(23(30)31)11-19(15-6-4-7-15)26-20(17)12-24-2/h5,8-9,11,14-15,24H,3-4,6-7,10,12-13H2,1-2H3. The van der Waals surface area contributed by atoms with Crippen molar-refractivity contribution in [3.05, 3.63) is 53.1 Å². The minimum absolute atomic E-state index is 0.00463. The third-order valence-corrected chi connectivity index (χ3v) is 6.21. The molecule has 0 aromatic carbocycles. The number of aryl methyl sites for hydroxylation is 1. The van der Waals surface area contributed by atoms with Crippen LogP contribution >= 0.6 is 0 Å². The van der Waals surface area contributed by atoms with Crippen molar-refractivity contribution < 1.29 is 4.79 Å².